The number of hydrogen-bond acceptors (Lipinski definition) is 1. The van der Waals surface area contributed by atoms with Crippen molar-refractivity contribution in [2.75, 3.05) is 6.54 Å². The predicted octanol–water partition coefficient (Wildman–Crippen LogP) is 1.58. The maximum atomic E-state index is 10.9. The van der Waals surface area contributed by atoms with Crippen LogP contribution in [0.1, 0.15) is 33.1 Å². The lowest BCUT2D eigenvalue weighted by atomic mass is 10.1. The number of amides is 2. The molecule has 12 heavy (non-hydrogen) atoms. The Labute approximate surface area is 73.9 Å². The Morgan fingerprint density at radius 3 is 2.50 bits per heavy atom. The standard InChI is InChI=1S/C9H18N2O/c1-7(2)5-6-11(9(10)12)8-3-4-8/h7-8H,3-6H2,1-2H3,(H2,10,12). The Bertz CT molecular complexity index is 164. The van der Waals surface area contributed by atoms with Crippen molar-refractivity contribution >= 4 is 6.03 Å². The highest BCUT2D eigenvalue weighted by atomic mass is 16.2. The molecule has 3 nitrogen and oxygen atoms in total. The summed E-state index contributed by atoms with van der Waals surface area (Å²) in [4.78, 5) is 12.7. The first kappa shape index (κ1) is 9.36. The van der Waals surface area contributed by atoms with E-state index in [2.05, 4.69) is 13.8 Å². The number of urea groups is 1. The summed E-state index contributed by atoms with van der Waals surface area (Å²) < 4.78 is 0. The van der Waals surface area contributed by atoms with Crippen molar-refractivity contribution in [2.45, 2.75) is 39.2 Å². The highest BCUT2D eigenvalue weighted by Gasteiger charge is 2.30. The van der Waals surface area contributed by atoms with E-state index in [1.54, 1.807) is 4.90 Å². The Balaban J connectivity index is 2.28. The van der Waals surface area contributed by atoms with Crippen molar-refractivity contribution < 1.29 is 4.79 Å². The SMILES string of the molecule is CC(C)CCN(C(N)=O)C1CC1. The van der Waals surface area contributed by atoms with Crippen molar-refractivity contribution in [1.29, 1.82) is 0 Å². The second-order valence-corrected chi connectivity index (χ2v) is 3.95. The summed E-state index contributed by atoms with van der Waals surface area (Å²) in [5, 5.41) is 0. The van der Waals surface area contributed by atoms with Crippen LogP contribution in [-0.4, -0.2) is 23.5 Å². The van der Waals surface area contributed by atoms with Crippen LogP contribution in [0.15, 0.2) is 0 Å². The summed E-state index contributed by atoms with van der Waals surface area (Å²) in [6.45, 7) is 5.15. The van der Waals surface area contributed by atoms with Gasteiger partial charge in [0.15, 0.2) is 0 Å². The summed E-state index contributed by atoms with van der Waals surface area (Å²) in [6, 6.07) is 0.208. The minimum Gasteiger partial charge on any atom is -0.351 e. The third-order valence-electron chi connectivity index (χ3n) is 2.22. The first-order chi connectivity index (χ1) is 5.61. The maximum absolute atomic E-state index is 10.9. The Hall–Kier alpha value is -0.730. The van der Waals surface area contributed by atoms with E-state index in [1.807, 2.05) is 0 Å². The molecule has 0 spiro atoms. The van der Waals surface area contributed by atoms with Crippen LogP contribution in [0.2, 0.25) is 0 Å². The van der Waals surface area contributed by atoms with Crippen LogP contribution in [0.25, 0.3) is 0 Å². The van der Waals surface area contributed by atoms with E-state index in [1.165, 1.54) is 0 Å². The molecule has 0 aromatic rings. The van der Waals surface area contributed by atoms with Gasteiger partial charge >= 0.3 is 6.03 Å². The molecule has 1 saturated carbocycles. The van der Waals surface area contributed by atoms with Gasteiger partial charge in [0.05, 0.1) is 0 Å². The van der Waals surface area contributed by atoms with Crippen LogP contribution in [-0.2, 0) is 0 Å². The molecule has 0 saturated heterocycles. The Morgan fingerprint density at radius 2 is 2.17 bits per heavy atom. The van der Waals surface area contributed by atoms with Gasteiger partial charge in [-0.05, 0) is 25.2 Å². The largest absolute Gasteiger partial charge is 0.351 e. The number of hydrogen-bond donors (Lipinski definition) is 1. The molecular formula is C9H18N2O. The van der Waals surface area contributed by atoms with Gasteiger partial charge in [0.25, 0.3) is 0 Å². The van der Waals surface area contributed by atoms with Gasteiger partial charge in [0.1, 0.15) is 0 Å². The van der Waals surface area contributed by atoms with Gasteiger partial charge in [-0.25, -0.2) is 4.79 Å². The monoisotopic (exact) mass is 170 g/mol. The molecular weight excluding hydrogens is 152 g/mol. The minimum atomic E-state index is -0.252. The van der Waals surface area contributed by atoms with Crippen molar-refractivity contribution in [2.24, 2.45) is 11.7 Å². The maximum Gasteiger partial charge on any atom is 0.315 e. The minimum absolute atomic E-state index is 0.252. The molecule has 1 fully saturated rings. The van der Waals surface area contributed by atoms with Gasteiger partial charge < -0.3 is 10.6 Å². The fraction of sp³-hybridized carbons (Fsp3) is 0.889. The molecule has 1 aliphatic carbocycles. The van der Waals surface area contributed by atoms with Gasteiger partial charge in [0.2, 0.25) is 0 Å². The molecule has 0 atom stereocenters. The number of nitrogens with two attached hydrogens (primary N) is 1. The Morgan fingerprint density at radius 1 is 1.58 bits per heavy atom. The normalized spacial score (nSPS) is 16.6. The van der Waals surface area contributed by atoms with E-state index >= 15 is 0 Å². The van der Waals surface area contributed by atoms with Crippen LogP contribution in [0.4, 0.5) is 4.79 Å². The van der Waals surface area contributed by atoms with Gasteiger partial charge in [-0.2, -0.15) is 0 Å². The second-order valence-electron chi connectivity index (χ2n) is 3.95. The Kier molecular flexibility index (Phi) is 2.95. The molecule has 0 aliphatic heterocycles. The van der Waals surface area contributed by atoms with Crippen molar-refractivity contribution in [3.8, 4) is 0 Å². The second kappa shape index (κ2) is 3.78. The first-order valence-electron chi connectivity index (χ1n) is 4.67. The fourth-order valence-electron chi connectivity index (χ4n) is 1.26. The number of nitrogens with zero attached hydrogens (tertiary/aromatic N) is 1. The van der Waals surface area contributed by atoms with Gasteiger partial charge in [0, 0.05) is 12.6 Å². The van der Waals surface area contributed by atoms with E-state index in [-0.39, 0.29) is 6.03 Å². The van der Waals surface area contributed by atoms with Crippen LogP contribution < -0.4 is 5.73 Å². The predicted molar refractivity (Wildman–Crippen MR) is 48.8 cm³/mol. The first-order valence-corrected chi connectivity index (χ1v) is 4.67. The smallest absolute Gasteiger partial charge is 0.315 e. The van der Waals surface area contributed by atoms with Crippen LogP contribution in [0, 0.1) is 5.92 Å². The number of primary amides is 1. The van der Waals surface area contributed by atoms with E-state index in [4.69, 9.17) is 5.73 Å². The van der Waals surface area contributed by atoms with Crippen LogP contribution in [0.3, 0.4) is 0 Å². The van der Waals surface area contributed by atoms with E-state index < -0.39 is 0 Å². The fourth-order valence-corrected chi connectivity index (χ4v) is 1.26. The summed E-state index contributed by atoms with van der Waals surface area (Å²) in [5.41, 5.74) is 5.25. The molecule has 3 heteroatoms. The summed E-state index contributed by atoms with van der Waals surface area (Å²) >= 11 is 0. The molecule has 1 aliphatic rings. The molecule has 0 unspecified atom stereocenters. The summed E-state index contributed by atoms with van der Waals surface area (Å²) in [5.74, 6) is 0.644. The molecule has 0 bridgehead atoms. The number of carbonyl (C=O) groups is 1. The van der Waals surface area contributed by atoms with Crippen molar-refractivity contribution in [3.63, 3.8) is 0 Å². The molecule has 0 aromatic carbocycles. The summed E-state index contributed by atoms with van der Waals surface area (Å²) in [6.07, 6.45) is 3.33. The average Bonchev–Trinajstić information content (AvgIpc) is 2.69. The highest BCUT2D eigenvalue weighted by Crippen LogP contribution is 2.26. The third kappa shape index (κ3) is 2.72. The van der Waals surface area contributed by atoms with Gasteiger partial charge in [-0.15, -0.1) is 0 Å². The lowest BCUT2D eigenvalue weighted by Gasteiger charge is -2.20. The third-order valence-corrected chi connectivity index (χ3v) is 2.22. The number of rotatable bonds is 4. The van der Waals surface area contributed by atoms with E-state index in [0.717, 1.165) is 25.8 Å². The molecule has 2 N–H and O–H groups in total. The summed E-state index contributed by atoms with van der Waals surface area (Å²) in [7, 11) is 0. The average molecular weight is 170 g/mol. The number of carbonyl (C=O) groups excluding carboxylic acids is 1. The zero-order valence-electron chi connectivity index (χ0n) is 7.92. The van der Waals surface area contributed by atoms with Crippen molar-refractivity contribution in [3.05, 3.63) is 0 Å². The lowest BCUT2D eigenvalue weighted by molar-refractivity contribution is 0.201. The topological polar surface area (TPSA) is 46.3 Å². The van der Waals surface area contributed by atoms with Gasteiger partial charge in [-0.3, -0.25) is 0 Å². The molecule has 2 amide bonds. The van der Waals surface area contributed by atoms with Gasteiger partial charge in [-0.1, -0.05) is 13.8 Å². The quantitative estimate of drug-likeness (QED) is 0.684. The zero-order valence-corrected chi connectivity index (χ0v) is 7.92. The zero-order chi connectivity index (χ0) is 9.14. The molecule has 0 heterocycles. The van der Waals surface area contributed by atoms with E-state index in [0.29, 0.717) is 12.0 Å². The van der Waals surface area contributed by atoms with Crippen molar-refractivity contribution in [1.82, 2.24) is 4.90 Å². The molecule has 1 rings (SSSR count). The van der Waals surface area contributed by atoms with Crippen LogP contribution in [0.5, 0.6) is 0 Å². The molecule has 70 valence electrons. The molecule has 0 radical (unpaired) electrons. The van der Waals surface area contributed by atoms with E-state index in [9.17, 15) is 4.79 Å². The van der Waals surface area contributed by atoms with Crippen LogP contribution >= 0.6 is 0 Å². The lowest BCUT2D eigenvalue weighted by Crippen LogP contribution is -2.38. The molecule has 0 aromatic heterocycles. The highest BCUT2D eigenvalue weighted by molar-refractivity contribution is 5.72.